The lowest BCUT2D eigenvalue weighted by molar-refractivity contribution is 0.0963. The number of hydrogen-bond acceptors (Lipinski definition) is 6. The second-order valence-corrected chi connectivity index (χ2v) is 4.68. The first kappa shape index (κ1) is 13.6. The van der Waals surface area contributed by atoms with Crippen molar-refractivity contribution in [2.75, 3.05) is 36.1 Å². The van der Waals surface area contributed by atoms with Crippen LogP contribution in [0.4, 0.5) is 20.6 Å². The molecule has 7 nitrogen and oxygen atoms in total. The predicted octanol–water partition coefficient (Wildman–Crippen LogP) is 0.923. The van der Waals surface area contributed by atoms with E-state index in [1.54, 1.807) is 17.0 Å². The first-order chi connectivity index (χ1) is 10.2. The van der Waals surface area contributed by atoms with Crippen molar-refractivity contribution in [3.05, 3.63) is 24.0 Å². The number of amides is 1. The Bertz CT molecular complexity index is 581. The summed E-state index contributed by atoms with van der Waals surface area (Å²) in [7, 11) is 0. The van der Waals surface area contributed by atoms with Crippen LogP contribution in [0.25, 0.3) is 0 Å². The van der Waals surface area contributed by atoms with Gasteiger partial charge < -0.3 is 19.6 Å². The number of aliphatic hydroxyl groups is 1. The van der Waals surface area contributed by atoms with Crippen LogP contribution in [0.2, 0.25) is 0 Å². The molecule has 1 fully saturated rings. The van der Waals surface area contributed by atoms with Crippen molar-refractivity contribution in [1.29, 1.82) is 0 Å². The zero-order valence-corrected chi connectivity index (χ0v) is 11.1. The third kappa shape index (κ3) is 2.62. The van der Waals surface area contributed by atoms with Gasteiger partial charge in [-0.2, -0.15) is 0 Å². The summed E-state index contributed by atoms with van der Waals surface area (Å²) in [5.41, 5.74) is 0.750. The first-order valence-electron chi connectivity index (χ1n) is 6.49. The van der Waals surface area contributed by atoms with Crippen LogP contribution in [0, 0.1) is 5.82 Å². The molecule has 0 spiro atoms. The number of anilines is 2. The van der Waals surface area contributed by atoms with Gasteiger partial charge in [0, 0.05) is 0 Å². The van der Waals surface area contributed by atoms with Gasteiger partial charge in [0.15, 0.2) is 0 Å². The van der Waals surface area contributed by atoms with E-state index in [0.29, 0.717) is 24.5 Å². The lowest BCUT2D eigenvalue weighted by atomic mass is 10.2. The molecular formula is C13H14FN3O4. The number of aliphatic hydroxyl groups excluding tert-OH is 1. The summed E-state index contributed by atoms with van der Waals surface area (Å²) >= 11 is 0. The van der Waals surface area contributed by atoms with Crippen molar-refractivity contribution >= 4 is 23.8 Å². The molecule has 1 saturated heterocycles. The van der Waals surface area contributed by atoms with Gasteiger partial charge in [-0.25, -0.2) is 9.18 Å². The summed E-state index contributed by atoms with van der Waals surface area (Å²) in [6.45, 7) is 0.826. The number of hydrogen-bond donors (Lipinski definition) is 1. The molecule has 21 heavy (non-hydrogen) atoms. The minimum absolute atomic E-state index is 0.202. The minimum Gasteiger partial charge on any atom is -0.441 e. The molecule has 1 aromatic carbocycles. The Balaban J connectivity index is 1.82. The third-order valence-corrected chi connectivity index (χ3v) is 3.31. The molecule has 0 aromatic heterocycles. The lowest BCUT2D eigenvalue weighted by Crippen LogP contribution is -2.30. The SMILES string of the molecule is O=C1O[C@@H](CO)CN1c1ccc(N2C=NOCC2)c(F)c1. The molecule has 112 valence electrons. The average molecular weight is 295 g/mol. The van der Waals surface area contributed by atoms with E-state index in [4.69, 9.17) is 14.7 Å². The molecule has 1 N–H and O–H groups in total. The van der Waals surface area contributed by atoms with E-state index in [0.717, 1.165) is 0 Å². The Morgan fingerprint density at radius 3 is 2.95 bits per heavy atom. The molecule has 1 atom stereocenters. The number of oxime groups is 1. The molecule has 8 heteroatoms. The molecule has 2 aliphatic rings. The van der Waals surface area contributed by atoms with Crippen LogP contribution in [-0.2, 0) is 9.57 Å². The van der Waals surface area contributed by atoms with E-state index in [1.807, 2.05) is 0 Å². The maximum absolute atomic E-state index is 14.2. The van der Waals surface area contributed by atoms with Crippen LogP contribution in [0.1, 0.15) is 0 Å². The molecular weight excluding hydrogens is 281 g/mol. The smallest absolute Gasteiger partial charge is 0.414 e. The molecule has 0 radical (unpaired) electrons. The molecule has 1 aromatic rings. The lowest BCUT2D eigenvalue weighted by Gasteiger charge is -2.23. The maximum atomic E-state index is 14.2. The zero-order valence-electron chi connectivity index (χ0n) is 11.1. The standard InChI is InChI=1S/C13H14FN3O4/c14-11-5-9(17-6-10(7-18)21-13(17)19)1-2-12(11)16-3-4-20-15-8-16/h1-2,5,8,10,18H,3-4,6-7H2/t10-/m1/s1. The van der Waals surface area contributed by atoms with Crippen LogP contribution >= 0.6 is 0 Å². The summed E-state index contributed by atoms with van der Waals surface area (Å²) < 4.78 is 19.2. The van der Waals surface area contributed by atoms with Gasteiger partial charge in [0.25, 0.3) is 0 Å². The number of rotatable bonds is 3. The van der Waals surface area contributed by atoms with E-state index in [-0.39, 0.29) is 13.2 Å². The van der Waals surface area contributed by atoms with Crippen LogP contribution in [0.15, 0.2) is 23.4 Å². The van der Waals surface area contributed by atoms with Gasteiger partial charge in [-0.3, -0.25) is 4.90 Å². The van der Waals surface area contributed by atoms with Gasteiger partial charge in [-0.1, -0.05) is 5.16 Å². The van der Waals surface area contributed by atoms with Crippen molar-refractivity contribution in [1.82, 2.24) is 0 Å². The van der Waals surface area contributed by atoms with Crippen molar-refractivity contribution < 1.29 is 23.9 Å². The average Bonchev–Trinajstić information content (AvgIpc) is 2.89. The fourth-order valence-corrected chi connectivity index (χ4v) is 2.25. The Labute approximate surface area is 120 Å². The Hall–Kier alpha value is -2.35. The van der Waals surface area contributed by atoms with Crippen LogP contribution in [0.3, 0.4) is 0 Å². The fourth-order valence-electron chi connectivity index (χ4n) is 2.25. The monoisotopic (exact) mass is 295 g/mol. The Morgan fingerprint density at radius 2 is 2.33 bits per heavy atom. The summed E-state index contributed by atoms with van der Waals surface area (Å²) in [6.07, 6.45) is 0.244. The summed E-state index contributed by atoms with van der Waals surface area (Å²) in [6, 6.07) is 4.46. The number of halogens is 1. The second-order valence-electron chi connectivity index (χ2n) is 4.68. The largest absolute Gasteiger partial charge is 0.441 e. The number of benzene rings is 1. The van der Waals surface area contributed by atoms with Crippen LogP contribution < -0.4 is 9.80 Å². The predicted molar refractivity (Wildman–Crippen MR) is 72.9 cm³/mol. The highest BCUT2D eigenvalue weighted by Crippen LogP contribution is 2.27. The van der Waals surface area contributed by atoms with E-state index < -0.39 is 18.0 Å². The Morgan fingerprint density at radius 1 is 1.48 bits per heavy atom. The molecule has 0 unspecified atom stereocenters. The Kier molecular flexibility index (Phi) is 3.61. The van der Waals surface area contributed by atoms with E-state index >= 15 is 0 Å². The van der Waals surface area contributed by atoms with Crippen LogP contribution in [0.5, 0.6) is 0 Å². The van der Waals surface area contributed by atoms with Crippen molar-refractivity contribution in [3.8, 4) is 0 Å². The highest BCUT2D eigenvalue weighted by atomic mass is 19.1. The molecule has 2 aliphatic heterocycles. The summed E-state index contributed by atoms with van der Waals surface area (Å²) in [4.78, 5) is 19.4. The third-order valence-electron chi connectivity index (χ3n) is 3.31. The van der Waals surface area contributed by atoms with E-state index in [9.17, 15) is 9.18 Å². The molecule has 0 bridgehead atoms. The number of cyclic esters (lactones) is 1. The molecule has 2 heterocycles. The van der Waals surface area contributed by atoms with Gasteiger partial charge >= 0.3 is 6.09 Å². The quantitative estimate of drug-likeness (QED) is 0.897. The molecule has 1 amide bonds. The normalized spacial score (nSPS) is 21.4. The summed E-state index contributed by atoms with van der Waals surface area (Å²) in [5.74, 6) is -0.471. The molecule has 3 rings (SSSR count). The van der Waals surface area contributed by atoms with E-state index in [2.05, 4.69) is 5.16 Å². The topological polar surface area (TPSA) is 74.6 Å². The molecule has 0 aliphatic carbocycles. The van der Waals surface area contributed by atoms with Gasteiger partial charge in [0.05, 0.1) is 31.1 Å². The highest BCUT2D eigenvalue weighted by molar-refractivity contribution is 5.90. The highest BCUT2D eigenvalue weighted by Gasteiger charge is 2.32. The number of carbonyl (C=O) groups excluding carboxylic acids is 1. The minimum atomic E-state index is -0.589. The summed E-state index contributed by atoms with van der Waals surface area (Å²) in [5, 5.41) is 12.6. The van der Waals surface area contributed by atoms with Crippen molar-refractivity contribution in [2.45, 2.75) is 6.10 Å². The van der Waals surface area contributed by atoms with Crippen molar-refractivity contribution in [2.24, 2.45) is 5.16 Å². The van der Waals surface area contributed by atoms with E-state index in [1.165, 1.54) is 17.3 Å². The van der Waals surface area contributed by atoms with Gasteiger partial charge in [0.1, 0.15) is 24.9 Å². The van der Waals surface area contributed by atoms with Gasteiger partial charge in [-0.15, -0.1) is 0 Å². The van der Waals surface area contributed by atoms with Gasteiger partial charge in [0.2, 0.25) is 0 Å². The van der Waals surface area contributed by atoms with Gasteiger partial charge in [-0.05, 0) is 18.2 Å². The zero-order chi connectivity index (χ0) is 14.8. The number of ether oxygens (including phenoxy) is 1. The maximum Gasteiger partial charge on any atom is 0.414 e. The fraction of sp³-hybridized carbons (Fsp3) is 0.385. The number of nitrogens with zero attached hydrogens (tertiary/aromatic N) is 3. The second kappa shape index (κ2) is 5.57. The van der Waals surface area contributed by atoms with Crippen molar-refractivity contribution in [3.63, 3.8) is 0 Å². The van der Waals surface area contributed by atoms with Crippen LogP contribution in [-0.4, -0.2) is 49.9 Å². The molecule has 0 saturated carbocycles. The number of carbonyl (C=O) groups is 1. The first-order valence-corrected chi connectivity index (χ1v) is 6.49.